The quantitative estimate of drug-likeness (QED) is 0.590. The Balaban J connectivity index is 2.10. The van der Waals surface area contributed by atoms with Crippen LogP contribution in [0.1, 0.15) is 15.9 Å². The molecule has 0 saturated carbocycles. The van der Waals surface area contributed by atoms with Crippen LogP contribution >= 0.6 is 15.9 Å². The van der Waals surface area contributed by atoms with E-state index in [0.29, 0.717) is 22.4 Å². The van der Waals surface area contributed by atoms with E-state index in [1.807, 2.05) is 0 Å². The number of nitrogen functional groups attached to an aromatic ring is 1. The minimum atomic E-state index is -0.266. The summed E-state index contributed by atoms with van der Waals surface area (Å²) in [6.45, 7) is 0.381. The van der Waals surface area contributed by atoms with Crippen molar-refractivity contribution in [2.75, 3.05) is 5.43 Å². The number of aromatic nitrogens is 1. The number of nitrogens with zero attached hydrogens (tertiary/aromatic N) is 1. The Morgan fingerprint density at radius 2 is 2.39 bits per heavy atom. The smallest absolute Gasteiger partial charge is 0.255 e. The van der Waals surface area contributed by atoms with Crippen LogP contribution in [0.25, 0.3) is 0 Å². The summed E-state index contributed by atoms with van der Waals surface area (Å²) in [5.74, 6) is 5.36. The molecule has 0 radical (unpaired) electrons. The summed E-state index contributed by atoms with van der Waals surface area (Å²) < 4.78 is 5.62. The number of rotatable bonds is 4. The van der Waals surface area contributed by atoms with Crippen molar-refractivity contribution >= 4 is 27.7 Å². The van der Waals surface area contributed by atoms with Crippen molar-refractivity contribution in [1.29, 1.82) is 0 Å². The molecular formula is C11H11BrN4O2. The van der Waals surface area contributed by atoms with Gasteiger partial charge in [-0.15, -0.1) is 0 Å². The van der Waals surface area contributed by atoms with Crippen molar-refractivity contribution in [1.82, 2.24) is 10.3 Å². The van der Waals surface area contributed by atoms with Crippen LogP contribution in [0.4, 0.5) is 5.82 Å². The van der Waals surface area contributed by atoms with Gasteiger partial charge in [-0.3, -0.25) is 4.79 Å². The molecule has 0 spiro atoms. The third-order valence-electron chi connectivity index (χ3n) is 2.27. The van der Waals surface area contributed by atoms with Gasteiger partial charge in [0.2, 0.25) is 0 Å². The summed E-state index contributed by atoms with van der Waals surface area (Å²) in [5.41, 5.74) is 3.64. The molecule has 0 aliphatic carbocycles. The van der Waals surface area contributed by atoms with Crippen molar-refractivity contribution < 1.29 is 9.21 Å². The lowest BCUT2D eigenvalue weighted by Crippen LogP contribution is -2.25. The first-order valence-corrected chi connectivity index (χ1v) is 5.91. The molecule has 0 aliphatic rings. The molecule has 6 nitrogen and oxygen atoms in total. The highest BCUT2D eigenvalue weighted by molar-refractivity contribution is 9.10. The number of amides is 1. The van der Waals surface area contributed by atoms with Gasteiger partial charge in [0, 0.05) is 22.8 Å². The molecule has 4 N–H and O–H groups in total. The highest BCUT2D eigenvalue weighted by atomic mass is 79.9. The largest absolute Gasteiger partial charge is 0.472 e. The van der Waals surface area contributed by atoms with E-state index in [-0.39, 0.29) is 5.91 Å². The van der Waals surface area contributed by atoms with Crippen LogP contribution < -0.4 is 16.6 Å². The SMILES string of the molecule is NNc1ncc(Br)cc1C(=O)NCc1ccoc1. The summed E-state index contributed by atoms with van der Waals surface area (Å²) in [6, 6.07) is 3.43. The number of halogens is 1. The number of hydrazine groups is 1. The van der Waals surface area contributed by atoms with Gasteiger partial charge >= 0.3 is 0 Å². The number of hydrogen-bond donors (Lipinski definition) is 3. The fraction of sp³-hybridized carbons (Fsp3) is 0.0909. The first-order valence-electron chi connectivity index (χ1n) is 5.12. The maximum absolute atomic E-state index is 12.0. The fourth-order valence-electron chi connectivity index (χ4n) is 1.40. The number of carbonyl (C=O) groups is 1. The second-order valence-electron chi connectivity index (χ2n) is 3.51. The average molecular weight is 311 g/mol. The van der Waals surface area contributed by atoms with Crippen LogP contribution in [0.15, 0.2) is 39.7 Å². The van der Waals surface area contributed by atoms with Crippen molar-refractivity contribution in [3.8, 4) is 0 Å². The Hall–Kier alpha value is -1.86. The molecule has 0 bridgehead atoms. The van der Waals surface area contributed by atoms with Crippen LogP contribution in [0.2, 0.25) is 0 Å². The molecule has 0 saturated heterocycles. The molecule has 0 unspecified atom stereocenters. The number of pyridine rings is 1. The molecular weight excluding hydrogens is 300 g/mol. The van der Waals surface area contributed by atoms with E-state index >= 15 is 0 Å². The highest BCUT2D eigenvalue weighted by Gasteiger charge is 2.12. The van der Waals surface area contributed by atoms with Crippen LogP contribution in [0.5, 0.6) is 0 Å². The molecule has 1 amide bonds. The number of hydrogen-bond acceptors (Lipinski definition) is 5. The maximum Gasteiger partial charge on any atom is 0.255 e. The average Bonchev–Trinajstić information content (AvgIpc) is 2.89. The Morgan fingerprint density at radius 1 is 1.56 bits per heavy atom. The molecule has 0 fully saturated rings. The zero-order chi connectivity index (χ0) is 13.0. The number of anilines is 1. The molecule has 0 atom stereocenters. The topological polar surface area (TPSA) is 93.2 Å². The number of furan rings is 1. The van der Waals surface area contributed by atoms with Crippen LogP contribution in [-0.4, -0.2) is 10.9 Å². The minimum absolute atomic E-state index is 0.266. The van der Waals surface area contributed by atoms with Gasteiger partial charge in [-0.2, -0.15) is 0 Å². The van der Waals surface area contributed by atoms with E-state index < -0.39 is 0 Å². The van der Waals surface area contributed by atoms with Crippen molar-refractivity contribution in [3.05, 3.63) is 46.5 Å². The van der Waals surface area contributed by atoms with Gasteiger partial charge in [-0.05, 0) is 28.1 Å². The summed E-state index contributed by atoms with van der Waals surface area (Å²) in [6.07, 6.45) is 4.68. The second kappa shape index (κ2) is 5.65. The van der Waals surface area contributed by atoms with E-state index in [1.54, 1.807) is 30.9 Å². The molecule has 2 heterocycles. The lowest BCUT2D eigenvalue weighted by molar-refractivity contribution is 0.0951. The van der Waals surface area contributed by atoms with E-state index in [4.69, 9.17) is 10.3 Å². The Morgan fingerprint density at radius 3 is 3.06 bits per heavy atom. The summed E-state index contributed by atoms with van der Waals surface area (Å²) in [4.78, 5) is 16.0. The van der Waals surface area contributed by atoms with Gasteiger partial charge in [0.15, 0.2) is 5.82 Å². The number of nitrogens with one attached hydrogen (secondary N) is 2. The van der Waals surface area contributed by atoms with Crippen LogP contribution in [0, 0.1) is 0 Å². The predicted octanol–water partition coefficient (Wildman–Crippen LogP) is 1.65. The summed E-state index contributed by atoms with van der Waals surface area (Å²) >= 11 is 3.26. The molecule has 2 aromatic heterocycles. The second-order valence-corrected chi connectivity index (χ2v) is 4.42. The molecule has 94 valence electrons. The van der Waals surface area contributed by atoms with E-state index in [2.05, 4.69) is 31.7 Å². The normalized spacial score (nSPS) is 10.1. The van der Waals surface area contributed by atoms with Gasteiger partial charge in [0.25, 0.3) is 5.91 Å². The lowest BCUT2D eigenvalue weighted by atomic mass is 10.2. The molecule has 18 heavy (non-hydrogen) atoms. The van der Waals surface area contributed by atoms with E-state index in [9.17, 15) is 4.79 Å². The number of carbonyl (C=O) groups excluding carboxylic acids is 1. The molecule has 2 aromatic rings. The summed E-state index contributed by atoms with van der Waals surface area (Å²) in [5, 5.41) is 2.75. The standard InChI is InChI=1S/C11H11BrN4O2/c12-8-3-9(10(16-13)14-5-8)11(17)15-4-7-1-2-18-6-7/h1-3,5-6H,4,13H2,(H,14,16)(H,15,17). The molecule has 0 aliphatic heterocycles. The first-order chi connectivity index (χ1) is 8.70. The summed E-state index contributed by atoms with van der Waals surface area (Å²) in [7, 11) is 0. The van der Waals surface area contributed by atoms with Crippen LogP contribution in [-0.2, 0) is 6.54 Å². The van der Waals surface area contributed by atoms with Gasteiger partial charge in [-0.25, -0.2) is 10.8 Å². The fourth-order valence-corrected chi connectivity index (χ4v) is 1.73. The van der Waals surface area contributed by atoms with Crippen molar-refractivity contribution in [2.45, 2.75) is 6.54 Å². The van der Waals surface area contributed by atoms with E-state index in [1.165, 1.54) is 0 Å². The Kier molecular flexibility index (Phi) is 3.96. The van der Waals surface area contributed by atoms with Crippen molar-refractivity contribution in [2.24, 2.45) is 5.84 Å². The predicted molar refractivity (Wildman–Crippen MR) is 69.6 cm³/mol. The Labute approximate surface area is 112 Å². The first kappa shape index (κ1) is 12.6. The monoisotopic (exact) mass is 310 g/mol. The zero-order valence-electron chi connectivity index (χ0n) is 9.31. The molecule has 7 heteroatoms. The van der Waals surface area contributed by atoms with Gasteiger partial charge < -0.3 is 15.2 Å². The molecule has 0 aromatic carbocycles. The van der Waals surface area contributed by atoms with Crippen molar-refractivity contribution in [3.63, 3.8) is 0 Å². The van der Waals surface area contributed by atoms with Gasteiger partial charge in [0.05, 0.1) is 18.1 Å². The number of nitrogens with two attached hydrogens (primary N) is 1. The van der Waals surface area contributed by atoms with Crippen LogP contribution in [0.3, 0.4) is 0 Å². The maximum atomic E-state index is 12.0. The van der Waals surface area contributed by atoms with Gasteiger partial charge in [-0.1, -0.05) is 0 Å². The molecule has 2 rings (SSSR count). The van der Waals surface area contributed by atoms with E-state index in [0.717, 1.165) is 5.56 Å². The highest BCUT2D eigenvalue weighted by Crippen LogP contribution is 2.17. The lowest BCUT2D eigenvalue weighted by Gasteiger charge is -2.08. The third kappa shape index (κ3) is 2.88. The minimum Gasteiger partial charge on any atom is -0.472 e. The van der Waals surface area contributed by atoms with Gasteiger partial charge in [0.1, 0.15) is 0 Å². The zero-order valence-corrected chi connectivity index (χ0v) is 10.9. The third-order valence-corrected chi connectivity index (χ3v) is 2.70. The Bertz CT molecular complexity index is 542.